The second-order valence-corrected chi connectivity index (χ2v) is 4.42. The average Bonchev–Trinajstić information content (AvgIpc) is 3.00. The number of benzene rings is 1. The lowest BCUT2D eigenvalue weighted by Gasteiger charge is -2.15. The molecule has 1 aliphatic carbocycles. The van der Waals surface area contributed by atoms with Crippen molar-refractivity contribution in [3.05, 3.63) is 34.9 Å². The third-order valence-electron chi connectivity index (χ3n) is 3.17. The molecule has 0 aliphatic heterocycles. The molecule has 1 fully saturated rings. The Labute approximate surface area is 86.3 Å². The average molecular weight is 189 g/mol. The lowest BCUT2D eigenvalue weighted by molar-refractivity contribution is 0.626. The van der Waals surface area contributed by atoms with Gasteiger partial charge in [-0.05, 0) is 43.2 Å². The van der Waals surface area contributed by atoms with E-state index in [1.807, 2.05) is 0 Å². The van der Waals surface area contributed by atoms with E-state index < -0.39 is 0 Å². The quantitative estimate of drug-likeness (QED) is 0.777. The molecule has 1 nitrogen and oxygen atoms in total. The molecule has 0 aromatic heterocycles. The Morgan fingerprint density at radius 3 is 2.71 bits per heavy atom. The Morgan fingerprint density at radius 1 is 1.43 bits per heavy atom. The van der Waals surface area contributed by atoms with Gasteiger partial charge in [-0.1, -0.05) is 30.7 Å². The van der Waals surface area contributed by atoms with Crippen molar-refractivity contribution < 1.29 is 0 Å². The second kappa shape index (κ2) is 3.74. The van der Waals surface area contributed by atoms with Crippen LogP contribution in [0.25, 0.3) is 0 Å². The summed E-state index contributed by atoms with van der Waals surface area (Å²) in [6, 6.07) is 6.96. The van der Waals surface area contributed by atoms with E-state index in [4.69, 9.17) is 5.73 Å². The zero-order chi connectivity index (χ0) is 10.1. The van der Waals surface area contributed by atoms with Gasteiger partial charge in [0.2, 0.25) is 0 Å². The van der Waals surface area contributed by atoms with Crippen molar-refractivity contribution in [2.24, 2.45) is 11.7 Å². The third kappa shape index (κ3) is 1.83. The molecular weight excluding hydrogens is 170 g/mol. The highest BCUT2D eigenvalue weighted by Crippen LogP contribution is 2.40. The SMILES string of the molecule is CCc1ccc(C)cc1C(N)C1CC1. The van der Waals surface area contributed by atoms with Gasteiger partial charge in [0.15, 0.2) is 0 Å². The van der Waals surface area contributed by atoms with Gasteiger partial charge in [-0.15, -0.1) is 0 Å². The molecule has 2 N–H and O–H groups in total. The molecular formula is C13H19N. The third-order valence-corrected chi connectivity index (χ3v) is 3.17. The molecule has 0 heterocycles. The number of nitrogens with two attached hydrogens (primary N) is 1. The zero-order valence-electron chi connectivity index (χ0n) is 9.09. The molecule has 1 aromatic rings. The number of rotatable bonds is 3. The van der Waals surface area contributed by atoms with E-state index in [9.17, 15) is 0 Å². The summed E-state index contributed by atoms with van der Waals surface area (Å²) in [5.74, 6) is 0.752. The van der Waals surface area contributed by atoms with Crippen molar-refractivity contribution in [1.82, 2.24) is 0 Å². The molecule has 1 saturated carbocycles. The lowest BCUT2D eigenvalue weighted by Crippen LogP contribution is -2.14. The van der Waals surface area contributed by atoms with E-state index in [-0.39, 0.29) is 6.04 Å². The standard InChI is InChI=1S/C13H19N/c1-3-10-5-4-9(2)8-12(10)13(14)11-6-7-11/h4-5,8,11,13H,3,6-7,14H2,1-2H3. The largest absolute Gasteiger partial charge is 0.324 e. The van der Waals surface area contributed by atoms with E-state index in [0.29, 0.717) is 0 Å². The van der Waals surface area contributed by atoms with Crippen molar-refractivity contribution in [3.8, 4) is 0 Å². The number of hydrogen-bond acceptors (Lipinski definition) is 1. The maximum absolute atomic E-state index is 6.25. The summed E-state index contributed by atoms with van der Waals surface area (Å²) in [6.45, 7) is 4.34. The minimum atomic E-state index is 0.282. The van der Waals surface area contributed by atoms with Gasteiger partial charge >= 0.3 is 0 Å². The molecule has 0 spiro atoms. The Morgan fingerprint density at radius 2 is 2.14 bits per heavy atom. The monoisotopic (exact) mass is 189 g/mol. The fourth-order valence-corrected chi connectivity index (χ4v) is 2.06. The molecule has 1 heteroatoms. The van der Waals surface area contributed by atoms with Crippen LogP contribution in [-0.2, 0) is 6.42 Å². The van der Waals surface area contributed by atoms with Gasteiger partial charge in [-0.3, -0.25) is 0 Å². The summed E-state index contributed by atoms with van der Waals surface area (Å²) in [4.78, 5) is 0. The lowest BCUT2D eigenvalue weighted by atomic mass is 9.94. The van der Waals surface area contributed by atoms with E-state index in [0.717, 1.165) is 12.3 Å². The van der Waals surface area contributed by atoms with E-state index >= 15 is 0 Å². The normalized spacial score (nSPS) is 18.2. The summed E-state index contributed by atoms with van der Waals surface area (Å²) >= 11 is 0. The molecule has 1 aromatic carbocycles. The summed E-state index contributed by atoms with van der Waals surface area (Å²) in [5.41, 5.74) is 10.4. The van der Waals surface area contributed by atoms with Gasteiger partial charge in [0.05, 0.1) is 0 Å². The van der Waals surface area contributed by atoms with Crippen LogP contribution >= 0.6 is 0 Å². The van der Waals surface area contributed by atoms with Crippen LogP contribution in [0.1, 0.15) is 42.5 Å². The Balaban J connectivity index is 2.32. The van der Waals surface area contributed by atoms with E-state index in [1.165, 1.54) is 29.5 Å². The van der Waals surface area contributed by atoms with E-state index in [1.54, 1.807) is 0 Å². The van der Waals surface area contributed by atoms with Crippen LogP contribution in [0.2, 0.25) is 0 Å². The van der Waals surface area contributed by atoms with Gasteiger partial charge in [0.1, 0.15) is 0 Å². The summed E-state index contributed by atoms with van der Waals surface area (Å²) in [7, 11) is 0. The van der Waals surface area contributed by atoms with Crippen LogP contribution in [0.4, 0.5) is 0 Å². The number of aryl methyl sites for hydroxylation is 2. The van der Waals surface area contributed by atoms with Crippen LogP contribution in [-0.4, -0.2) is 0 Å². The number of hydrogen-bond donors (Lipinski definition) is 1. The van der Waals surface area contributed by atoms with Crippen LogP contribution in [0.15, 0.2) is 18.2 Å². The zero-order valence-corrected chi connectivity index (χ0v) is 9.09. The fourth-order valence-electron chi connectivity index (χ4n) is 2.06. The molecule has 0 bridgehead atoms. The molecule has 1 unspecified atom stereocenters. The van der Waals surface area contributed by atoms with Crippen LogP contribution in [0.3, 0.4) is 0 Å². The molecule has 0 radical (unpaired) electrons. The highest BCUT2D eigenvalue weighted by atomic mass is 14.7. The first-order valence-electron chi connectivity index (χ1n) is 5.57. The predicted octanol–water partition coefficient (Wildman–Crippen LogP) is 2.97. The van der Waals surface area contributed by atoms with Crippen molar-refractivity contribution in [2.45, 2.75) is 39.2 Å². The van der Waals surface area contributed by atoms with Crippen LogP contribution in [0, 0.1) is 12.8 Å². The smallest absolute Gasteiger partial charge is 0.0326 e. The van der Waals surface area contributed by atoms with Gasteiger partial charge in [0.25, 0.3) is 0 Å². The predicted molar refractivity (Wildman–Crippen MR) is 60.2 cm³/mol. The molecule has 14 heavy (non-hydrogen) atoms. The molecule has 1 aliphatic rings. The highest BCUT2D eigenvalue weighted by Gasteiger charge is 2.30. The van der Waals surface area contributed by atoms with Gasteiger partial charge in [-0.25, -0.2) is 0 Å². The first-order chi connectivity index (χ1) is 6.72. The molecule has 1 atom stereocenters. The topological polar surface area (TPSA) is 26.0 Å². The maximum Gasteiger partial charge on any atom is 0.0326 e. The van der Waals surface area contributed by atoms with Gasteiger partial charge in [-0.2, -0.15) is 0 Å². The molecule has 0 amide bonds. The Hall–Kier alpha value is -0.820. The first kappa shape index (κ1) is 9.72. The maximum atomic E-state index is 6.25. The molecule has 76 valence electrons. The van der Waals surface area contributed by atoms with E-state index in [2.05, 4.69) is 32.0 Å². The second-order valence-electron chi connectivity index (χ2n) is 4.42. The van der Waals surface area contributed by atoms with Crippen LogP contribution < -0.4 is 5.73 Å². The Bertz CT molecular complexity index is 326. The summed E-state index contributed by atoms with van der Waals surface area (Å²) < 4.78 is 0. The van der Waals surface area contributed by atoms with Gasteiger partial charge < -0.3 is 5.73 Å². The minimum absolute atomic E-state index is 0.282. The first-order valence-corrected chi connectivity index (χ1v) is 5.57. The van der Waals surface area contributed by atoms with Crippen molar-refractivity contribution in [2.75, 3.05) is 0 Å². The van der Waals surface area contributed by atoms with Crippen molar-refractivity contribution in [3.63, 3.8) is 0 Å². The summed E-state index contributed by atoms with van der Waals surface area (Å²) in [6.07, 6.45) is 3.73. The van der Waals surface area contributed by atoms with Crippen molar-refractivity contribution in [1.29, 1.82) is 0 Å². The summed E-state index contributed by atoms with van der Waals surface area (Å²) in [5, 5.41) is 0. The van der Waals surface area contributed by atoms with Gasteiger partial charge in [0, 0.05) is 6.04 Å². The minimum Gasteiger partial charge on any atom is -0.324 e. The Kier molecular flexibility index (Phi) is 2.60. The molecule has 0 saturated heterocycles. The van der Waals surface area contributed by atoms with Crippen LogP contribution in [0.5, 0.6) is 0 Å². The van der Waals surface area contributed by atoms with Crippen molar-refractivity contribution >= 4 is 0 Å². The highest BCUT2D eigenvalue weighted by molar-refractivity contribution is 5.34. The molecule has 2 rings (SSSR count). The fraction of sp³-hybridized carbons (Fsp3) is 0.538.